The van der Waals surface area contributed by atoms with E-state index in [2.05, 4.69) is 30.9 Å². The van der Waals surface area contributed by atoms with Gasteiger partial charge in [0.15, 0.2) is 5.16 Å². The van der Waals surface area contributed by atoms with Crippen molar-refractivity contribution in [2.75, 3.05) is 0 Å². The minimum atomic E-state index is -4.66. The van der Waals surface area contributed by atoms with E-state index in [1.54, 1.807) is 36.1 Å². The van der Waals surface area contributed by atoms with Gasteiger partial charge in [0.1, 0.15) is 6.33 Å². The minimum Gasteiger partial charge on any atom is -0.329 e. The van der Waals surface area contributed by atoms with Gasteiger partial charge in [0.2, 0.25) is 5.82 Å². The molecule has 3 aromatic rings. The van der Waals surface area contributed by atoms with Gasteiger partial charge in [-0.05, 0) is 23.9 Å². The summed E-state index contributed by atoms with van der Waals surface area (Å²) in [6, 6.07) is 7.67. The lowest BCUT2D eigenvalue weighted by molar-refractivity contribution is -0.159. The predicted octanol–water partition coefficient (Wildman–Crippen LogP) is 2.84. The minimum absolute atomic E-state index is 0.138. The summed E-state index contributed by atoms with van der Waals surface area (Å²) in [6.07, 6.45) is -3.12. The Morgan fingerprint density at radius 2 is 2.18 bits per heavy atom. The van der Waals surface area contributed by atoms with Gasteiger partial charge in [-0.2, -0.15) is 18.2 Å². The van der Waals surface area contributed by atoms with E-state index in [-0.39, 0.29) is 5.82 Å². The second-order valence-electron chi connectivity index (χ2n) is 4.19. The van der Waals surface area contributed by atoms with Gasteiger partial charge in [0, 0.05) is 17.5 Å². The topological polar surface area (TPSA) is 69.6 Å². The molecule has 0 saturated heterocycles. The summed E-state index contributed by atoms with van der Waals surface area (Å²) in [5, 5.41) is 11.6. The SMILES string of the molecule is Cn1cnnc1Sc1[c]ccc(-c2noc(C(F)(F)F)n2)c1. The Morgan fingerprint density at radius 3 is 2.82 bits per heavy atom. The van der Waals surface area contributed by atoms with E-state index in [9.17, 15) is 13.2 Å². The molecule has 0 atom stereocenters. The third kappa shape index (κ3) is 2.96. The lowest BCUT2D eigenvalue weighted by atomic mass is 10.2. The van der Waals surface area contributed by atoms with E-state index in [4.69, 9.17) is 0 Å². The predicted molar refractivity (Wildman–Crippen MR) is 68.7 cm³/mol. The molecule has 1 radical (unpaired) electrons. The summed E-state index contributed by atoms with van der Waals surface area (Å²) in [7, 11) is 1.78. The second kappa shape index (κ2) is 5.44. The number of nitrogens with zero attached hydrogens (tertiary/aromatic N) is 5. The van der Waals surface area contributed by atoms with E-state index in [1.807, 2.05) is 0 Å². The molecule has 0 aliphatic heterocycles. The lowest BCUT2D eigenvalue weighted by Crippen LogP contribution is -2.04. The Balaban J connectivity index is 1.88. The zero-order chi connectivity index (χ0) is 15.7. The number of benzene rings is 1. The molecule has 0 unspecified atom stereocenters. The zero-order valence-corrected chi connectivity index (χ0v) is 11.8. The van der Waals surface area contributed by atoms with Crippen molar-refractivity contribution in [1.82, 2.24) is 24.9 Å². The first-order valence-corrected chi connectivity index (χ1v) is 6.70. The molecule has 113 valence electrons. The summed E-state index contributed by atoms with van der Waals surface area (Å²) >= 11 is 1.27. The van der Waals surface area contributed by atoms with Crippen LogP contribution in [0, 0.1) is 6.07 Å². The van der Waals surface area contributed by atoms with E-state index in [0.29, 0.717) is 15.6 Å². The monoisotopic (exact) mass is 326 g/mol. The smallest absolute Gasteiger partial charge is 0.329 e. The molecule has 10 heteroatoms. The Kier molecular flexibility index (Phi) is 3.61. The van der Waals surface area contributed by atoms with Crippen molar-refractivity contribution >= 4 is 11.8 Å². The second-order valence-corrected chi connectivity index (χ2v) is 5.20. The number of rotatable bonds is 3. The summed E-state index contributed by atoms with van der Waals surface area (Å²) < 4.78 is 43.3. The summed E-state index contributed by atoms with van der Waals surface area (Å²) in [4.78, 5) is 3.99. The molecule has 0 amide bonds. The highest BCUT2D eigenvalue weighted by molar-refractivity contribution is 7.99. The lowest BCUT2D eigenvalue weighted by Gasteiger charge is -2.01. The Labute approximate surface area is 126 Å². The zero-order valence-electron chi connectivity index (χ0n) is 11.0. The van der Waals surface area contributed by atoms with Crippen LogP contribution in [0.15, 0.2) is 39.1 Å². The van der Waals surface area contributed by atoms with Crippen LogP contribution >= 0.6 is 11.8 Å². The molecule has 3 rings (SSSR count). The molecule has 0 saturated carbocycles. The van der Waals surface area contributed by atoms with E-state index >= 15 is 0 Å². The fourth-order valence-corrected chi connectivity index (χ4v) is 2.35. The van der Waals surface area contributed by atoms with Crippen LogP contribution in [-0.2, 0) is 13.2 Å². The highest BCUT2D eigenvalue weighted by Crippen LogP contribution is 2.31. The van der Waals surface area contributed by atoms with E-state index in [0.717, 1.165) is 0 Å². The van der Waals surface area contributed by atoms with E-state index < -0.39 is 12.1 Å². The van der Waals surface area contributed by atoms with Crippen molar-refractivity contribution in [2.24, 2.45) is 7.05 Å². The Morgan fingerprint density at radius 1 is 1.36 bits per heavy atom. The molecule has 0 spiro atoms. The standard InChI is InChI=1S/C12H7F3N5OS/c1-20-6-16-18-11(20)22-8-4-2-3-7(5-8)9-17-10(21-19-9)12(13,14)15/h2-3,5-6H,1H3. The molecular formula is C12H7F3N5OS. The third-order valence-corrected chi connectivity index (χ3v) is 3.58. The molecule has 2 aromatic heterocycles. The molecule has 6 nitrogen and oxygen atoms in total. The third-order valence-electron chi connectivity index (χ3n) is 2.57. The van der Waals surface area contributed by atoms with Crippen molar-refractivity contribution in [3.8, 4) is 11.4 Å². The van der Waals surface area contributed by atoms with Gasteiger partial charge in [-0.3, -0.25) is 0 Å². The van der Waals surface area contributed by atoms with Crippen LogP contribution in [0.3, 0.4) is 0 Å². The number of halogens is 3. The first-order chi connectivity index (χ1) is 10.4. The first-order valence-electron chi connectivity index (χ1n) is 5.88. The molecule has 2 heterocycles. The van der Waals surface area contributed by atoms with Crippen LogP contribution in [0.25, 0.3) is 11.4 Å². The Hall–Kier alpha value is -2.36. The van der Waals surface area contributed by atoms with Crippen LogP contribution in [0.5, 0.6) is 0 Å². The highest BCUT2D eigenvalue weighted by atomic mass is 32.2. The van der Waals surface area contributed by atoms with Gasteiger partial charge >= 0.3 is 12.1 Å². The molecule has 0 aliphatic rings. The first kappa shape index (κ1) is 14.6. The van der Waals surface area contributed by atoms with Crippen LogP contribution < -0.4 is 0 Å². The quantitative estimate of drug-likeness (QED) is 0.737. The number of hydrogen-bond acceptors (Lipinski definition) is 6. The van der Waals surface area contributed by atoms with Gasteiger partial charge < -0.3 is 9.09 Å². The van der Waals surface area contributed by atoms with Crippen LogP contribution in [0.4, 0.5) is 13.2 Å². The van der Waals surface area contributed by atoms with Gasteiger partial charge in [0.25, 0.3) is 0 Å². The fourth-order valence-electron chi connectivity index (χ4n) is 1.56. The van der Waals surface area contributed by atoms with Gasteiger partial charge in [-0.1, -0.05) is 17.3 Å². The maximum absolute atomic E-state index is 12.5. The van der Waals surface area contributed by atoms with Gasteiger partial charge in [0.05, 0.1) is 0 Å². The van der Waals surface area contributed by atoms with Gasteiger partial charge in [-0.15, -0.1) is 10.2 Å². The average molecular weight is 326 g/mol. The summed E-state index contributed by atoms with van der Waals surface area (Å²) in [5.41, 5.74) is 0.391. The maximum atomic E-state index is 12.5. The normalized spacial score (nSPS) is 11.8. The number of hydrogen-bond donors (Lipinski definition) is 0. The largest absolute Gasteiger partial charge is 0.471 e. The fraction of sp³-hybridized carbons (Fsp3) is 0.167. The Bertz CT molecular complexity index is 798. The molecule has 0 fully saturated rings. The average Bonchev–Trinajstić information content (AvgIpc) is 3.09. The highest BCUT2D eigenvalue weighted by Gasteiger charge is 2.38. The van der Waals surface area contributed by atoms with Crippen molar-refractivity contribution in [3.63, 3.8) is 0 Å². The van der Waals surface area contributed by atoms with Gasteiger partial charge in [-0.25, -0.2) is 0 Å². The molecule has 0 aliphatic carbocycles. The molecule has 0 N–H and O–H groups in total. The van der Waals surface area contributed by atoms with Crippen LogP contribution in [0.1, 0.15) is 5.89 Å². The summed E-state index contributed by atoms with van der Waals surface area (Å²) in [5.74, 6) is -1.51. The molecule has 1 aromatic carbocycles. The van der Waals surface area contributed by atoms with Crippen LogP contribution in [-0.4, -0.2) is 24.9 Å². The number of aromatic nitrogens is 5. The van der Waals surface area contributed by atoms with Crippen molar-refractivity contribution < 1.29 is 17.7 Å². The van der Waals surface area contributed by atoms with Crippen molar-refractivity contribution in [3.05, 3.63) is 36.5 Å². The van der Waals surface area contributed by atoms with Crippen molar-refractivity contribution in [1.29, 1.82) is 0 Å². The number of aryl methyl sites for hydroxylation is 1. The molecular weight excluding hydrogens is 319 g/mol. The maximum Gasteiger partial charge on any atom is 0.471 e. The molecule has 0 bridgehead atoms. The number of alkyl halides is 3. The molecule has 22 heavy (non-hydrogen) atoms. The summed E-state index contributed by atoms with van der Waals surface area (Å²) in [6.45, 7) is 0. The van der Waals surface area contributed by atoms with Crippen LogP contribution in [0.2, 0.25) is 0 Å². The van der Waals surface area contributed by atoms with Crippen molar-refractivity contribution in [2.45, 2.75) is 16.2 Å². The van der Waals surface area contributed by atoms with E-state index in [1.165, 1.54) is 11.8 Å².